The normalized spacial score (nSPS) is 18.7. The summed E-state index contributed by atoms with van der Waals surface area (Å²) in [5.74, 6) is 0.0664. The van der Waals surface area contributed by atoms with E-state index in [0.29, 0.717) is 44.0 Å². The highest BCUT2D eigenvalue weighted by molar-refractivity contribution is 7.92. The fourth-order valence-electron chi connectivity index (χ4n) is 3.97. The van der Waals surface area contributed by atoms with Crippen molar-refractivity contribution in [2.24, 2.45) is 0 Å². The molecular formula is C21H32N4O4S. The van der Waals surface area contributed by atoms with Gasteiger partial charge in [-0.1, -0.05) is 18.9 Å². The largest absolute Gasteiger partial charge is 0.342 e. The third-order valence-electron chi connectivity index (χ3n) is 5.76. The van der Waals surface area contributed by atoms with E-state index in [1.165, 1.54) is 12.8 Å². The van der Waals surface area contributed by atoms with Crippen molar-refractivity contribution >= 4 is 27.5 Å². The van der Waals surface area contributed by atoms with Crippen LogP contribution >= 0.6 is 0 Å². The van der Waals surface area contributed by atoms with Gasteiger partial charge in [-0.2, -0.15) is 0 Å². The van der Waals surface area contributed by atoms with Crippen LogP contribution < -0.4 is 4.72 Å². The summed E-state index contributed by atoms with van der Waals surface area (Å²) in [6.45, 7) is 6.33. The molecular weight excluding hydrogens is 404 g/mol. The standard InChI is InChI=1S/C21H32N4O4S/c1-17-7-8-18(15-19(17)22-30(2,28)29)21(27)25-13-11-23(12-14-25)16-20(26)24-9-5-3-4-6-10-24/h7-8,15,22H,3-6,9-14,16H2,1-2H3. The molecule has 1 aromatic rings. The number of amides is 2. The lowest BCUT2D eigenvalue weighted by molar-refractivity contribution is -0.132. The van der Waals surface area contributed by atoms with E-state index >= 15 is 0 Å². The number of nitrogens with one attached hydrogen (secondary N) is 1. The van der Waals surface area contributed by atoms with Crippen molar-refractivity contribution in [2.45, 2.75) is 32.6 Å². The molecule has 1 N–H and O–H groups in total. The van der Waals surface area contributed by atoms with E-state index in [-0.39, 0.29) is 11.8 Å². The minimum absolute atomic E-state index is 0.120. The molecule has 2 heterocycles. The number of hydrogen-bond donors (Lipinski definition) is 1. The first-order valence-corrected chi connectivity index (χ1v) is 12.5. The van der Waals surface area contributed by atoms with Crippen LogP contribution in [0.2, 0.25) is 0 Å². The van der Waals surface area contributed by atoms with Crippen molar-refractivity contribution in [1.29, 1.82) is 0 Å². The Kier molecular flexibility index (Phi) is 7.36. The maximum atomic E-state index is 12.9. The highest BCUT2D eigenvalue weighted by Crippen LogP contribution is 2.20. The fraction of sp³-hybridized carbons (Fsp3) is 0.619. The average Bonchev–Trinajstić information content (AvgIpc) is 2.98. The van der Waals surface area contributed by atoms with Gasteiger partial charge in [0.15, 0.2) is 0 Å². The number of likely N-dealkylation sites (tertiary alicyclic amines) is 1. The van der Waals surface area contributed by atoms with Crippen LogP contribution in [0.5, 0.6) is 0 Å². The maximum Gasteiger partial charge on any atom is 0.254 e. The molecule has 2 aliphatic heterocycles. The van der Waals surface area contributed by atoms with E-state index in [0.717, 1.165) is 37.8 Å². The number of nitrogens with zero attached hydrogens (tertiary/aromatic N) is 3. The predicted octanol–water partition coefficient (Wildman–Crippen LogP) is 1.53. The van der Waals surface area contributed by atoms with Crippen LogP contribution in [0.4, 0.5) is 5.69 Å². The number of hydrogen-bond acceptors (Lipinski definition) is 5. The molecule has 0 radical (unpaired) electrons. The van der Waals surface area contributed by atoms with Crippen molar-refractivity contribution in [3.8, 4) is 0 Å². The third kappa shape index (κ3) is 6.18. The summed E-state index contributed by atoms with van der Waals surface area (Å²) < 4.78 is 25.6. The van der Waals surface area contributed by atoms with Gasteiger partial charge in [0.2, 0.25) is 15.9 Å². The molecule has 0 aliphatic carbocycles. The topological polar surface area (TPSA) is 90.0 Å². The number of carbonyl (C=O) groups excluding carboxylic acids is 2. The molecule has 2 amide bonds. The number of sulfonamides is 1. The minimum atomic E-state index is -3.42. The van der Waals surface area contributed by atoms with Crippen LogP contribution in [0.15, 0.2) is 18.2 Å². The molecule has 30 heavy (non-hydrogen) atoms. The Bertz CT molecular complexity index is 871. The van der Waals surface area contributed by atoms with Gasteiger partial charge in [-0.3, -0.25) is 19.2 Å². The van der Waals surface area contributed by atoms with Crippen LogP contribution in [0, 0.1) is 6.92 Å². The predicted molar refractivity (Wildman–Crippen MR) is 117 cm³/mol. The lowest BCUT2D eigenvalue weighted by Gasteiger charge is -2.35. The van der Waals surface area contributed by atoms with Gasteiger partial charge in [0.25, 0.3) is 5.91 Å². The maximum absolute atomic E-state index is 12.9. The summed E-state index contributed by atoms with van der Waals surface area (Å²) in [5.41, 5.74) is 1.64. The van der Waals surface area contributed by atoms with E-state index < -0.39 is 10.0 Å². The van der Waals surface area contributed by atoms with Gasteiger partial charge in [-0.25, -0.2) is 8.42 Å². The van der Waals surface area contributed by atoms with E-state index in [1.807, 2.05) is 4.90 Å². The van der Waals surface area contributed by atoms with Crippen LogP contribution in [0.1, 0.15) is 41.6 Å². The number of piperazine rings is 1. The molecule has 0 saturated carbocycles. The zero-order chi connectivity index (χ0) is 21.7. The van der Waals surface area contributed by atoms with E-state index in [2.05, 4.69) is 9.62 Å². The van der Waals surface area contributed by atoms with Crippen molar-refractivity contribution < 1.29 is 18.0 Å². The first-order chi connectivity index (χ1) is 14.2. The fourth-order valence-corrected chi connectivity index (χ4v) is 4.59. The Hall–Kier alpha value is -2.13. The molecule has 2 aliphatic rings. The number of benzene rings is 1. The molecule has 3 rings (SSSR count). The molecule has 8 nitrogen and oxygen atoms in total. The average molecular weight is 437 g/mol. The molecule has 0 atom stereocenters. The van der Waals surface area contributed by atoms with Crippen LogP contribution in [0.25, 0.3) is 0 Å². The van der Waals surface area contributed by atoms with Gasteiger partial charge < -0.3 is 9.80 Å². The van der Waals surface area contributed by atoms with Crippen molar-refractivity contribution in [1.82, 2.24) is 14.7 Å². The van der Waals surface area contributed by atoms with Crippen molar-refractivity contribution in [3.05, 3.63) is 29.3 Å². The Balaban J connectivity index is 1.55. The molecule has 2 saturated heterocycles. The zero-order valence-electron chi connectivity index (χ0n) is 17.9. The summed E-state index contributed by atoms with van der Waals surface area (Å²) >= 11 is 0. The first kappa shape index (κ1) is 22.6. The molecule has 2 fully saturated rings. The van der Waals surface area contributed by atoms with Crippen molar-refractivity contribution in [3.63, 3.8) is 0 Å². The zero-order valence-corrected chi connectivity index (χ0v) is 18.7. The van der Waals surface area contributed by atoms with E-state index in [1.54, 1.807) is 30.0 Å². The Morgan fingerprint density at radius 1 is 0.933 bits per heavy atom. The Morgan fingerprint density at radius 3 is 2.17 bits per heavy atom. The highest BCUT2D eigenvalue weighted by Gasteiger charge is 2.25. The Morgan fingerprint density at radius 2 is 1.57 bits per heavy atom. The van der Waals surface area contributed by atoms with Gasteiger partial charge in [-0.15, -0.1) is 0 Å². The first-order valence-electron chi connectivity index (χ1n) is 10.6. The lowest BCUT2D eigenvalue weighted by atomic mass is 10.1. The van der Waals surface area contributed by atoms with Crippen molar-refractivity contribution in [2.75, 3.05) is 56.8 Å². The van der Waals surface area contributed by atoms with E-state index in [4.69, 9.17) is 0 Å². The van der Waals surface area contributed by atoms with Crippen LogP contribution in [-0.2, 0) is 14.8 Å². The van der Waals surface area contributed by atoms with Gasteiger partial charge in [-0.05, 0) is 37.5 Å². The third-order valence-corrected chi connectivity index (χ3v) is 6.35. The summed E-state index contributed by atoms with van der Waals surface area (Å²) in [6.07, 6.45) is 5.66. The molecule has 0 aromatic heterocycles. The molecule has 1 aromatic carbocycles. The van der Waals surface area contributed by atoms with Gasteiger partial charge in [0.1, 0.15) is 0 Å². The van der Waals surface area contributed by atoms with Crippen LogP contribution in [-0.4, -0.2) is 87.0 Å². The second-order valence-electron chi connectivity index (χ2n) is 8.27. The quantitative estimate of drug-likeness (QED) is 0.756. The summed E-state index contributed by atoms with van der Waals surface area (Å²) in [4.78, 5) is 31.3. The second kappa shape index (κ2) is 9.78. The molecule has 166 valence electrons. The molecule has 0 unspecified atom stereocenters. The SMILES string of the molecule is Cc1ccc(C(=O)N2CCN(CC(=O)N3CCCCCC3)CC2)cc1NS(C)(=O)=O. The summed E-state index contributed by atoms with van der Waals surface area (Å²) in [6, 6.07) is 5.06. The summed E-state index contributed by atoms with van der Waals surface area (Å²) in [7, 11) is -3.42. The lowest BCUT2D eigenvalue weighted by Crippen LogP contribution is -2.51. The number of anilines is 1. The highest BCUT2D eigenvalue weighted by atomic mass is 32.2. The van der Waals surface area contributed by atoms with Gasteiger partial charge >= 0.3 is 0 Å². The number of carbonyl (C=O) groups is 2. The smallest absolute Gasteiger partial charge is 0.254 e. The summed E-state index contributed by atoms with van der Waals surface area (Å²) in [5, 5.41) is 0. The number of aryl methyl sites for hydroxylation is 1. The second-order valence-corrected chi connectivity index (χ2v) is 10.0. The molecule has 0 bridgehead atoms. The van der Waals surface area contributed by atoms with Gasteiger partial charge in [0.05, 0.1) is 18.5 Å². The number of rotatable bonds is 5. The molecule has 0 spiro atoms. The minimum Gasteiger partial charge on any atom is -0.342 e. The van der Waals surface area contributed by atoms with E-state index in [9.17, 15) is 18.0 Å². The Labute approximate surface area is 179 Å². The monoisotopic (exact) mass is 436 g/mol. The van der Waals surface area contributed by atoms with Crippen LogP contribution in [0.3, 0.4) is 0 Å². The van der Waals surface area contributed by atoms with Gasteiger partial charge in [0, 0.05) is 44.8 Å². The molecule has 9 heteroatoms.